The Bertz CT molecular complexity index is 938. The van der Waals surface area contributed by atoms with Crippen LogP contribution in [0.25, 0.3) is 11.2 Å². The summed E-state index contributed by atoms with van der Waals surface area (Å²) in [5, 5.41) is 21.3. The number of aromatic nitrogens is 4. The zero-order valence-corrected chi connectivity index (χ0v) is 15.1. The lowest BCUT2D eigenvalue weighted by molar-refractivity contribution is -0.148. The van der Waals surface area contributed by atoms with E-state index in [9.17, 15) is 15.0 Å². The molecule has 1 aliphatic rings. The third kappa shape index (κ3) is 2.55. The van der Waals surface area contributed by atoms with E-state index >= 15 is 0 Å². The molecule has 0 aromatic carbocycles. The van der Waals surface area contributed by atoms with Gasteiger partial charge in [-0.3, -0.25) is 14.3 Å². The highest BCUT2D eigenvalue weighted by Gasteiger charge is 2.55. The normalized spacial score (nSPS) is 26.3. The van der Waals surface area contributed by atoms with E-state index in [1.54, 1.807) is 7.85 Å². The summed E-state index contributed by atoms with van der Waals surface area (Å²) < 4.78 is 13.1. The van der Waals surface area contributed by atoms with Gasteiger partial charge in [-0.15, -0.1) is 0 Å². The minimum absolute atomic E-state index is 0.0451. The van der Waals surface area contributed by atoms with Crippen LogP contribution in [-0.4, -0.2) is 55.9 Å². The van der Waals surface area contributed by atoms with Crippen LogP contribution in [0.3, 0.4) is 0 Å². The summed E-state index contributed by atoms with van der Waals surface area (Å²) in [6.45, 7) is 5.59. The second-order valence-electron chi connectivity index (χ2n) is 6.73. The van der Waals surface area contributed by atoms with Crippen molar-refractivity contribution in [2.45, 2.75) is 44.5 Å². The highest BCUT2D eigenvalue weighted by Crippen LogP contribution is 2.44. The zero-order valence-electron chi connectivity index (χ0n) is 15.1. The molecule has 0 aliphatic carbocycles. The molecule has 0 bridgehead atoms. The average Bonchev–Trinajstić information content (AvgIpc) is 3.08. The lowest BCUT2D eigenvalue weighted by atomic mass is 9.88. The van der Waals surface area contributed by atoms with Gasteiger partial charge in [0.25, 0.3) is 5.56 Å². The first-order chi connectivity index (χ1) is 12.1. The second-order valence-corrected chi connectivity index (χ2v) is 6.73. The van der Waals surface area contributed by atoms with Gasteiger partial charge in [0.05, 0.1) is 19.0 Å². The van der Waals surface area contributed by atoms with Gasteiger partial charge in [0.1, 0.15) is 0 Å². The number of aromatic amines is 1. The molecule has 1 aliphatic heterocycles. The summed E-state index contributed by atoms with van der Waals surface area (Å²) in [5.74, 6) is -0.807. The number of nitrogens with zero attached hydrogens (tertiary/aromatic N) is 3. The number of hydrogen-bond acceptors (Lipinski definition) is 8. The second kappa shape index (κ2) is 6.03. The van der Waals surface area contributed by atoms with Crippen molar-refractivity contribution in [3.8, 4) is 0 Å². The quantitative estimate of drug-likeness (QED) is 0.537. The van der Waals surface area contributed by atoms with E-state index in [2.05, 4.69) is 15.0 Å². The van der Waals surface area contributed by atoms with E-state index in [0.717, 1.165) is 0 Å². The fourth-order valence-electron chi connectivity index (χ4n) is 3.06. The van der Waals surface area contributed by atoms with Crippen LogP contribution in [0.2, 0.25) is 0 Å². The number of aliphatic hydroxyl groups is 2. The Labute approximate surface area is 150 Å². The molecule has 0 fully saturated rings. The Morgan fingerprint density at radius 1 is 1.46 bits per heavy atom. The maximum Gasteiger partial charge on any atom is 0.280 e. The predicted octanol–water partition coefficient (Wildman–Crippen LogP) is -0.123. The van der Waals surface area contributed by atoms with Crippen molar-refractivity contribution in [2.75, 3.05) is 12.3 Å². The summed E-state index contributed by atoms with van der Waals surface area (Å²) in [7, 11) is 1.55. The molecule has 3 rings (SSSR count). The van der Waals surface area contributed by atoms with Crippen molar-refractivity contribution < 1.29 is 19.7 Å². The summed E-state index contributed by atoms with van der Waals surface area (Å²) in [5.41, 5.74) is 2.54. The summed E-state index contributed by atoms with van der Waals surface area (Å²) >= 11 is 0. The van der Waals surface area contributed by atoms with Crippen LogP contribution in [0.1, 0.15) is 27.2 Å². The Morgan fingerprint density at radius 2 is 2.15 bits per heavy atom. The highest BCUT2D eigenvalue weighted by molar-refractivity contribution is 6.15. The third-order valence-corrected chi connectivity index (χ3v) is 4.60. The van der Waals surface area contributed by atoms with Gasteiger partial charge in [-0.25, -0.2) is 4.98 Å². The van der Waals surface area contributed by atoms with Crippen molar-refractivity contribution in [1.82, 2.24) is 19.5 Å². The Hall–Kier alpha value is -2.53. The van der Waals surface area contributed by atoms with Gasteiger partial charge in [0.2, 0.25) is 5.95 Å². The van der Waals surface area contributed by atoms with Gasteiger partial charge >= 0.3 is 0 Å². The maximum atomic E-state index is 12.0. The number of H-pyrrole nitrogens is 1. The van der Waals surface area contributed by atoms with Crippen LogP contribution < -0.4 is 11.3 Å². The van der Waals surface area contributed by atoms with Crippen molar-refractivity contribution in [2.24, 2.45) is 0 Å². The number of nitrogens with two attached hydrogens (primary N) is 1. The fraction of sp³-hybridized carbons (Fsp3) is 0.533. The first-order valence-electron chi connectivity index (χ1n) is 8.33. The van der Waals surface area contributed by atoms with Crippen LogP contribution >= 0.6 is 0 Å². The number of fused-ring (bicyclic) bond motifs is 1. The molecule has 2 aromatic rings. The van der Waals surface area contributed by atoms with Crippen molar-refractivity contribution >= 4 is 25.0 Å². The number of nitrogen functional groups attached to an aromatic ring is 1. The van der Waals surface area contributed by atoms with Crippen LogP contribution in [0.4, 0.5) is 5.95 Å². The smallest absolute Gasteiger partial charge is 0.280 e. The molecule has 3 heterocycles. The van der Waals surface area contributed by atoms with Gasteiger partial charge in [-0.05, 0) is 20.3 Å². The van der Waals surface area contributed by atoms with Gasteiger partial charge in [-0.1, -0.05) is 6.92 Å². The van der Waals surface area contributed by atoms with Crippen LogP contribution in [0.15, 0.2) is 22.6 Å². The van der Waals surface area contributed by atoms with Crippen molar-refractivity contribution in [3.63, 3.8) is 0 Å². The van der Waals surface area contributed by atoms with Crippen LogP contribution in [0.5, 0.6) is 0 Å². The van der Waals surface area contributed by atoms with E-state index in [4.69, 9.17) is 15.2 Å². The maximum absolute atomic E-state index is 12.0. The van der Waals surface area contributed by atoms with E-state index in [1.807, 2.05) is 20.8 Å². The standard InChI is InChI=1S/C15H22BN5O5/c1-4-14(5-25-7(2)3)9(22)10(23)15(16,26-14)21-6-18-8-11(21)19-13(17)20-12(8)24/h6-7,22-23H,4-5,16H2,1-3H3,(H3,17,19,20,24). The number of ether oxygens (including phenoxy) is 2. The van der Waals surface area contributed by atoms with Gasteiger partial charge in [0.15, 0.2) is 41.8 Å². The molecule has 0 spiro atoms. The van der Waals surface area contributed by atoms with Crippen LogP contribution in [0, 0.1) is 0 Å². The summed E-state index contributed by atoms with van der Waals surface area (Å²) in [6, 6.07) is 0. The Morgan fingerprint density at radius 3 is 2.77 bits per heavy atom. The summed E-state index contributed by atoms with van der Waals surface area (Å²) in [4.78, 5) is 22.5. The van der Waals surface area contributed by atoms with E-state index in [-0.39, 0.29) is 35.6 Å². The van der Waals surface area contributed by atoms with E-state index in [1.165, 1.54) is 10.9 Å². The predicted molar refractivity (Wildman–Crippen MR) is 96.6 cm³/mol. The molecular formula is C15H22BN5O5. The zero-order chi connectivity index (χ0) is 19.3. The number of imidazole rings is 1. The first kappa shape index (κ1) is 18.3. The number of hydrogen-bond donors (Lipinski definition) is 4. The Kier molecular flexibility index (Phi) is 4.23. The number of rotatable bonds is 5. The molecule has 5 N–H and O–H groups in total. The van der Waals surface area contributed by atoms with Gasteiger partial charge < -0.3 is 25.4 Å². The molecule has 2 aromatic heterocycles. The molecule has 0 saturated heterocycles. The first-order valence-corrected chi connectivity index (χ1v) is 8.33. The average molecular weight is 363 g/mol. The van der Waals surface area contributed by atoms with E-state index < -0.39 is 22.5 Å². The molecule has 10 nitrogen and oxygen atoms in total. The number of nitrogens with one attached hydrogen (secondary N) is 1. The Balaban J connectivity index is 2.13. The van der Waals surface area contributed by atoms with Gasteiger partial charge in [-0.2, -0.15) is 4.98 Å². The molecule has 0 amide bonds. The van der Waals surface area contributed by atoms with Crippen molar-refractivity contribution in [3.05, 3.63) is 28.2 Å². The topological polar surface area (TPSA) is 149 Å². The molecule has 0 radical (unpaired) electrons. The lowest BCUT2D eigenvalue weighted by Gasteiger charge is -2.34. The fourth-order valence-corrected chi connectivity index (χ4v) is 3.06. The monoisotopic (exact) mass is 363 g/mol. The highest BCUT2D eigenvalue weighted by atomic mass is 16.6. The molecule has 26 heavy (non-hydrogen) atoms. The molecular weight excluding hydrogens is 341 g/mol. The minimum Gasteiger partial charge on any atom is -0.506 e. The number of aliphatic hydroxyl groups excluding tert-OH is 2. The van der Waals surface area contributed by atoms with Crippen LogP contribution in [-0.2, 0) is 15.1 Å². The number of anilines is 1. The summed E-state index contributed by atoms with van der Waals surface area (Å²) in [6.07, 6.45) is 1.58. The van der Waals surface area contributed by atoms with Crippen molar-refractivity contribution in [1.29, 1.82) is 0 Å². The van der Waals surface area contributed by atoms with E-state index in [0.29, 0.717) is 6.42 Å². The largest absolute Gasteiger partial charge is 0.506 e. The molecule has 2 atom stereocenters. The minimum atomic E-state index is -1.53. The van der Waals surface area contributed by atoms with Gasteiger partial charge in [0, 0.05) is 0 Å². The molecule has 2 unspecified atom stereocenters. The third-order valence-electron chi connectivity index (χ3n) is 4.60. The molecule has 140 valence electrons. The lowest BCUT2D eigenvalue weighted by Crippen LogP contribution is -2.44. The molecule has 11 heteroatoms. The molecule has 0 saturated carbocycles. The SMILES string of the molecule is BC1(n2cnc3c(=O)[nH]c(N)nc32)OC(CC)(COC(C)C)C(O)=C1O.